The number of aliphatic hydroxyl groups excluding tert-OH is 1. The van der Waals surface area contributed by atoms with E-state index in [0.717, 1.165) is 22.5 Å². The van der Waals surface area contributed by atoms with E-state index < -0.39 is 17.7 Å². The van der Waals surface area contributed by atoms with Crippen molar-refractivity contribution in [3.63, 3.8) is 0 Å². The molecule has 43 heavy (non-hydrogen) atoms. The summed E-state index contributed by atoms with van der Waals surface area (Å²) in [5, 5.41) is 21.8. The normalized spacial score (nSPS) is 16.1. The predicted octanol–water partition coefficient (Wildman–Crippen LogP) is 7.54. The number of aliphatic hydroxyl groups is 1. The fourth-order valence-electron chi connectivity index (χ4n) is 4.69. The molecule has 1 aliphatic heterocycles. The highest BCUT2D eigenvalue weighted by Crippen LogP contribution is 2.45. The van der Waals surface area contributed by atoms with Crippen LogP contribution in [0.2, 0.25) is 0 Å². The standard InChI is InChI=1S/C32H24FN3O4S3/c1-19-6-4-7-20(16-19)17-40-23-13-11-21(12-14-23)28(37)26-27(25-10-5-15-41-25)36(30(39)29(26)38)31-34-35-32(43-31)42-18-22-8-2-3-9-24(22)33/h2-16,27,37H,17-18H2,1H3. The number of rotatable bonds is 9. The largest absolute Gasteiger partial charge is 0.507 e. The second-order valence-electron chi connectivity index (χ2n) is 9.72. The molecule has 1 amide bonds. The van der Waals surface area contributed by atoms with Crippen LogP contribution in [0.1, 0.15) is 33.2 Å². The lowest BCUT2D eigenvalue weighted by molar-refractivity contribution is -0.132. The van der Waals surface area contributed by atoms with Crippen LogP contribution in [0.4, 0.5) is 9.52 Å². The van der Waals surface area contributed by atoms with Gasteiger partial charge in [0.2, 0.25) is 5.13 Å². The molecule has 0 bridgehead atoms. The van der Waals surface area contributed by atoms with Gasteiger partial charge < -0.3 is 9.84 Å². The Hall–Kier alpha value is -4.32. The molecule has 11 heteroatoms. The fraction of sp³-hybridized carbons (Fsp3) is 0.125. The van der Waals surface area contributed by atoms with Gasteiger partial charge in [-0.2, -0.15) is 0 Å². The smallest absolute Gasteiger partial charge is 0.301 e. The zero-order chi connectivity index (χ0) is 29.9. The maximum atomic E-state index is 14.1. The third kappa shape index (κ3) is 6.10. The van der Waals surface area contributed by atoms with Gasteiger partial charge in [0.25, 0.3) is 5.78 Å². The van der Waals surface area contributed by atoms with E-state index in [2.05, 4.69) is 10.2 Å². The van der Waals surface area contributed by atoms with Crippen LogP contribution in [-0.4, -0.2) is 27.0 Å². The minimum Gasteiger partial charge on any atom is -0.507 e. The van der Waals surface area contributed by atoms with Crippen molar-refractivity contribution in [2.24, 2.45) is 0 Å². The summed E-state index contributed by atoms with van der Waals surface area (Å²) in [5.74, 6) is -1.29. The number of anilines is 1. The van der Waals surface area contributed by atoms with Crippen LogP contribution >= 0.6 is 34.4 Å². The number of aromatic nitrogens is 2. The third-order valence-corrected chi connectivity index (χ3v) is 9.81. The number of hydrogen-bond acceptors (Lipinski definition) is 9. The van der Waals surface area contributed by atoms with Crippen LogP contribution in [-0.2, 0) is 21.9 Å². The van der Waals surface area contributed by atoms with Gasteiger partial charge in [0.05, 0.1) is 5.57 Å². The number of ether oxygens (including phenoxy) is 1. The lowest BCUT2D eigenvalue weighted by Crippen LogP contribution is -2.29. The van der Waals surface area contributed by atoms with Gasteiger partial charge in [-0.3, -0.25) is 14.5 Å². The van der Waals surface area contributed by atoms with Gasteiger partial charge in [-0.05, 0) is 59.8 Å². The first-order chi connectivity index (χ1) is 20.9. The number of aryl methyl sites for hydroxylation is 1. The summed E-state index contributed by atoms with van der Waals surface area (Å²) in [4.78, 5) is 28.8. The first kappa shape index (κ1) is 28.8. The molecule has 1 aliphatic rings. The Kier molecular flexibility index (Phi) is 8.37. The summed E-state index contributed by atoms with van der Waals surface area (Å²) in [6, 6.07) is 24.0. The second-order valence-corrected chi connectivity index (χ2v) is 12.9. The van der Waals surface area contributed by atoms with E-state index in [4.69, 9.17) is 4.74 Å². The first-order valence-corrected chi connectivity index (χ1v) is 15.9. The van der Waals surface area contributed by atoms with E-state index in [1.807, 2.05) is 42.6 Å². The number of hydrogen-bond donors (Lipinski definition) is 1. The highest BCUT2D eigenvalue weighted by atomic mass is 32.2. The molecule has 0 aliphatic carbocycles. The van der Waals surface area contributed by atoms with Crippen molar-refractivity contribution in [2.45, 2.75) is 29.7 Å². The van der Waals surface area contributed by atoms with Crippen molar-refractivity contribution in [3.8, 4) is 5.75 Å². The monoisotopic (exact) mass is 629 g/mol. The number of benzene rings is 3. The first-order valence-electron chi connectivity index (χ1n) is 13.2. The molecule has 216 valence electrons. The van der Waals surface area contributed by atoms with Crippen LogP contribution in [0.3, 0.4) is 0 Å². The topological polar surface area (TPSA) is 92.6 Å². The predicted molar refractivity (Wildman–Crippen MR) is 167 cm³/mol. The molecule has 3 aromatic carbocycles. The van der Waals surface area contributed by atoms with E-state index in [-0.39, 0.29) is 22.3 Å². The lowest BCUT2D eigenvalue weighted by Gasteiger charge is -2.20. The molecule has 1 fully saturated rings. The molecule has 3 heterocycles. The Morgan fingerprint density at radius 3 is 2.58 bits per heavy atom. The number of amides is 1. The summed E-state index contributed by atoms with van der Waals surface area (Å²) in [6.07, 6.45) is 0. The molecule has 1 saturated heterocycles. The summed E-state index contributed by atoms with van der Waals surface area (Å²) in [5.41, 5.74) is 3.05. The van der Waals surface area contributed by atoms with Crippen LogP contribution < -0.4 is 9.64 Å². The number of thioether (sulfide) groups is 1. The number of ketones is 1. The van der Waals surface area contributed by atoms with Gasteiger partial charge in [-0.25, -0.2) is 4.39 Å². The minimum atomic E-state index is -0.880. The number of carbonyl (C=O) groups is 2. The summed E-state index contributed by atoms with van der Waals surface area (Å²) in [7, 11) is 0. The molecule has 6 rings (SSSR count). The third-order valence-electron chi connectivity index (χ3n) is 6.78. The minimum absolute atomic E-state index is 0.0309. The fourth-order valence-corrected chi connectivity index (χ4v) is 7.37. The lowest BCUT2D eigenvalue weighted by atomic mass is 10.00. The molecule has 0 spiro atoms. The van der Waals surface area contributed by atoms with E-state index in [1.165, 1.54) is 34.1 Å². The van der Waals surface area contributed by atoms with E-state index >= 15 is 0 Å². The number of carbonyl (C=O) groups excluding carboxylic acids is 2. The Bertz CT molecular complexity index is 1820. The maximum absolute atomic E-state index is 14.1. The van der Waals surface area contributed by atoms with Crippen molar-refractivity contribution < 1.29 is 23.8 Å². The van der Waals surface area contributed by atoms with Gasteiger partial charge in [0, 0.05) is 16.2 Å². The molecule has 1 atom stereocenters. The zero-order valence-electron chi connectivity index (χ0n) is 22.8. The number of nitrogens with zero attached hydrogens (tertiary/aromatic N) is 3. The van der Waals surface area contributed by atoms with Crippen molar-refractivity contribution in [2.75, 3.05) is 4.90 Å². The number of thiophene rings is 1. The van der Waals surface area contributed by atoms with E-state index in [0.29, 0.717) is 38.5 Å². The zero-order valence-corrected chi connectivity index (χ0v) is 25.2. The molecule has 1 N–H and O–H groups in total. The van der Waals surface area contributed by atoms with Crippen LogP contribution in [0.15, 0.2) is 100 Å². The molecule has 5 aromatic rings. The quantitative estimate of drug-likeness (QED) is 0.0592. The molecule has 2 aromatic heterocycles. The molecular formula is C32H24FN3O4S3. The molecule has 1 unspecified atom stereocenters. The SMILES string of the molecule is Cc1cccc(COc2ccc(C(O)=C3C(=O)C(=O)N(c4nnc(SCc5ccccc5F)s4)C3c3cccs3)cc2)c1. The average Bonchev–Trinajstić information content (AvgIpc) is 3.76. The summed E-state index contributed by atoms with van der Waals surface area (Å²) < 4.78 is 20.5. The van der Waals surface area contributed by atoms with Crippen molar-refractivity contribution in [1.29, 1.82) is 0 Å². The molecule has 0 radical (unpaired) electrons. The molecule has 0 saturated carbocycles. The number of Topliss-reactive ketones (excluding diaryl/α,β-unsaturated/α-hetero) is 1. The highest BCUT2D eigenvalue weighted by molar-refractivity contribution is 8.00. The second kappa shape index (κ2) is 12.5. The van der Waals surface area contributed by atoms with E-state index in [9.17, 15) is 19.1 Å². The highest BCUT2D eigenvalue weighted by Gasteiger charge is 2.48. The van der Waals surface area contributed by atoms with Crippen molar-refractivity contribution in [1.82, 2.24) is 10.2 Å². The molecule has 7 nitrogen and oxygen atoms in total. The van der Waals surface area contributed by atoms with Gasteiger partial charge in [-0.1, -0.05) is 77.2 Å². The Morgan fingerprint density at radius 1 is 1.02 bits per heavy atom. The van der Waals surface area contributed by atoms with Crippen LogP contribution in [0.5, 0.6) is 5.75 Å². The van der Waals surface area contributed by atoms with Crippen molar-refractivity contribution >= 4 is 57.0 Å². The number of halogens is 1. The average molecular weight is 630 g/mol. The van der Waals surface area contributed by atoms with Gasteiger partial charge in [0.15, 0.2) is 4.34 Å². The summed E-state index contributed by atoms with van der Waals surface area (Å²) in [6.45, 7) is 2.41. The Balaban J connectivity index is 1.26. The molecular weight excluding hydrogens is 606 g/mol. The van der Waals surface area contributed by atoms with E-state index in [1.54, 1.807) is 48.5 Å². The van der Waals surface area contributed by atoms with Crippen LogP contribution in [0, 0.1) is 12.7 Å². The van der Waals surface area contributed by atoms with Gasteiger partial charge >= 0.3 is 5.91 Å². The van der Waals surface area contributed by atoms with Gasteiger partial charge in [-0.15, -0.1) is 21.5 Å². The van der Waals surface area contributed by atoms with Crippen LogP contribution in [0.25, 0.3) is 5.76 Å². The van der Waals surface area contributed by atoms with Crippen molar-refractivity contribution in [3.05, 3.63) is 129 Å². The Labute approximate surface area is 259 Å². The van der Waals surface area contributed by atoms with Gasteiger partial charge in [0.1, 0.15) is 30.0 Å². The maximum Gasteiger partial charge on any atom is 0.301 e. The summed E-state index contributed by atoms with van der Waals surface area (Å²) >= 11 is 3.78. The Morgan fingerprint density at radius 2 is 1.84 bits per heavy atom.